The Morgan fingerprint density at radius 2 is 2.08 bits per heavy atom. The van der Waals surface area contributed by atoms with Gasteiger partial charge in [-0.25, -0.2) is 0 Å². The Morgan fingerprint density at radius 1 is 1.36 bits per heavy atom. The molecule has 2 unspecified atom stereocenters. The molecule has 1 aliphatic heterocycles. The number of hydrogen-bond acceptors (Lipinski definition) is 5. The highest BCUT2D eigenvalue weighted by Gasteiger charge is 2.32. The van der Waals surface area contributed by atoms with Crippen LogP contribution in [0.3, 0.4) is 0 Å². The zero-order valence-corrected chi connectivity index (χ0v) is 14.4. The van der Waals surface area contributed by atoms with Crippen LogP contribution in [0.25, 0.3) is 11.4 Å². The van der Waals surface area contributed by atoms with E-state index >= 15 is 0 Å². The second-order valence-electron chi connectivity index (χ2n) is 6.15. The van der Waals surface area contributed by atoms with Crippen molar-refractivity contribution < 1.29 is 19.2 Å². The first-order valence-electron chi connectivity index (χ1n) is 8.07. The second kappa shape index (κ2) is 7.23. The summed E-state index contributed by atoms with van der Waals surface area (Å²) in [6, 6.07) is 7.12. The Hall–Kier alpha value is -2.41. The van der Waals surface area contributed by atoms with Gasteiger partial charge in [-0.05, 0) is 44.0 Å². The number of halogens is 1. The summed E-state index contributed by atoms with van der Waals surface area (Å²) < 4.78 is 5.38. The Bertz CT molecular complexity index is 774. The lowest BCUT2D eigenvalue weighted by molar-refractivity contribution is -0.150. The third kappa shape index (κ3) is 3.82. The van der Waals surface area contributed by atoms with E-state index in [1.807, 2.05) is 12.1 Å². The van der Waals surface area contributed by atoms with Crippen molar-refractivity contribution in [1.82, 2.24) is 15.0 Å². The number of nitrogens with zero attached hydrogens (tertiary/aromatic N) is 3. The lowest BCUT2D eigenvalue weighted by Gasteiger charge is -2.32. The molecule has 0 aliphatic carbocycles. The molecule has 3 rings (SSSR count). The number of carbonyl (C=O) groups is 2. The average molecular weight is 364 g/mol. The molecular weight excluding hydrogens is 346 g/mol. The maximum absolute atomic E-state index is 12.2. The number of likely N-dealkylation sites (tertiary alicyclic amines) is 1. The summed E-state index contributed by atoms with van der Waals surface area (Å²) in [5.41, 5.74) is 0.794. The predicted molar refractivity (Wildman–Crippen MR) is 90.1 cm³/mol. The molecule has 2 heterocycles. The molecule has 1 aromatic carbocycles. The van der Waals surface area contributed by atoms with Crippen LogP contribution in [0, 0.1) is 5.92 Å². The van der Waals surface area contributed by atoms with Gasteiger partial charge in [0.05, 0.1) is 5.92 Å². The maximum Gasteiger partial charge on any atom is 0.315 e. The van der Waals surface area contributed by atoms with E-state index in [0.717, 1.165) is 18.4 Å². The zero-order chi connectivity index (χ0) is 18.0. The number of benzene rings is 1. The summed E-state index contributed by atoms with van der Waals surface area (Å²) in [6.45, 7) is 2.34. The number of carbonyl (C=O) groups excluding carboxylic acids is 1. The molecule has 8 heteroatoms. The third-order valence-corrected chi connectivity index (χ3v) is 4.62. The summed E-state index contributed by atoms with van der Waals surface area (Å²) >= 11 is 5.88. The largest absolute Gasteiger partial charge is 0.481 e. The topological polar surface area (TPSA) is 96.5 Å². The summed E-state index contributed by atoms with van der Waals surface area (Å²) in [5.74, 6) is -1.71. The average Bonchev–Trinajstić information content (AvgIpc) is 3.11. The minimum absolute atomic E-state index is 0.0905. The molecule has 1 saturated heterocycles. The van der Waals surface area contributed by atoms with Crippen LogP contribution in [0.2, 0.25) is 5.02 Å². The van der Waals surface area contributed by atoms with Crippen molar-refractivity contribution in [3.63, 3.8) is 0 Å². The number of aliphatic carboxylic acids is 1. The van der Waals surface area contributed by atoms with Crippen LogP contribution in [-0.2, 0) is 9.59 Å². The van der Waals surface area contributed by atoms with E-state index < -0.39 is 11.9 Å². The first-order valence-corrected chi connectivity index (χ1v) is 8.44. The third-order valence-electron chi connectivity index (χ3n) is 4.37. The molecule has 0 bridgehead atoms. The van der Waals surface area contributed by atoms with Crippen molar-refractivity contribution in [1.29, 1.82) is 0 Å². The van der Waals surface area contributed by atoms with E-state index in [1.165, 1.54) is 6.92 Å². The number of hydrogen-bond donors (Lipinski definition) is 1. The fourth-order valence-corrected chi connectivity index (χ4v) is 3.00. The molecule has 1 N–H and O–H groups in total. The van der Waals surface area contributed by atoms with E-state index in [9.17, 15) is 9.59 Å². The zero-order valence-electron chi connectivity index (χ0n) is 13.7. The van der Waals surface area contributed by atoms with Gasteiger partial charge in [0, 0.05) is 23.7 Å². The number of aromatic nitrogens is 2. The molecule has 1 fully saturated rings. The maximum atomic E-state index is 12.2. The molecule has 2 aromatic rings. The molecular formula is C17H18ClN3O4. The van der Waals surface area contributed by atoms with E-state index in [-0.39, 0.29) is 11.8 Å². The van der Waals surface area contributed by atoms with Crippen molar-refractivity contribution in [2.24, 2.45) is 5.92 Å². The van der Waals surface area contributed by atoms with Gasteiger partial charge in [-0.3, -0.25) is 9.59 Å². The molecule has 1 aromatic heterocycles. The quantitative estimate of drug-likeness (QED) is 0.839. The van der Waals surface area contributed by atoms with Crippen molar-refractivity contribution in [2.45, 2.75) is 25.7 Å². The Kier molecular flexibility index (Phi) is 5.03. The van der Waals surface area contributed by atoms with Crippen LogP contribution in [-0.4, -0.2) is 45.1 Å². The summed E-state index contributed by atoms with van der Waals surface area (Å²) in [4.78, 5) is 29.3. The Balaban J connectivity index is 1.73. The molecule has 0 spiro atoms. The van der Waals surface area contributed by atoms with Crippen LogP contribution in [0.4, 0.5) is 0 Å². The molecule has 0 radical (unpaired) electrons. The van der Waals surface area contributed by atoms with Gasteiger partial charge in [-0.15, -0.1) is 0 Å². The van der Waals surface area contributed by atoms with Crippen molar-refractivity contribution in [3.05, 3.63) is 35.2 Å². The minimum atomic E-state index is -1.12. The van der Waals surface area contributed by atoms with Crippen LogP contribution >= 0.6 is 11.6 Å². The summed E-state index contributed by atoms with van der Waals surface area (Å²) in [6.07, 6.45) is 1.58. The molecule has 25 heavy (non-hydrogen) atoms. The van der Waals surface area contributed by atoms with Gasteiger partial charge in [-0.2, -0.15) is 4.98 Å². The number of amides is 1. The minimum Gasteiger partial charge on any atom is -0.481 e. The van der Waals surface area contributed by atoms with Gasteiger partial charge in [0.25, 0.3) is 0 Å². The van der Waals surface area contributed by atoms with E-state index in [1.54, 1.807) is 17.0 Å². The highest BCUT2D eigenvalue weighted by Crippen LogP contribution is 2.28. The van der Waals surface area contributed by atoms with Crippen LogP contribution in [0.5, 0.6) is 0 Å². The Morgan fingerprint density at radius 3 is 2.76 bits per heavy atom. The normalized spacial score (nSPS) is 18.8. The smallest absolute Gasteiger partial charge is 0.315 e. The standard InChI is InChI=1S/C17H18ClN3O4/c1-10(17(23)24)16(22)21-8-2-3-12(9-21)15-19-14(20-25-15)11-4-6-13(18)7-5-11/h4-7,10,12H,2-3,8-9H2,1H3,(H,23,24). The molecule has 132 valence electrons. The first kappa shape index (κ1) is 17.4. The van der Waals surface area contributed by atoms with Gasteiger partial charge in [0.2, 0.25) is 17.6 Å². The van der Waals surface area contributed by atoms with Crippen molar-refractivity contribution >= 4 is 23.5 Å². The summed E-state index contributed by atoms with van der Waals surface area (Å²) in [7, 11) is 0. The number of rotatable bonds is 4. The highest BCUT2D eigenvalue weighted by molar-refractivity contribution is 6.30. The van der Waals surface area contributed by atoms with Gasteiger partial charge < -0.3 is 14.5 Å². The SMILES string of the molecule is CC(C(=O)O)C(=O)N1CCCC(c2nc(-c3ccc(Cl)cc3)no2)C1. The van der Waals surface area contributed by atoms with Crippen LogP contribution in [0.1, 0.15) is 31.6 Å². The molecule has 0 saturated carbocycles. The lowest BCUT2D eigenvalue weighted by atomic mass is 9.96. The lowest BCUT2D eigenvalue weighted by Crippen LogP contribution is -2.43. The number of carboxylic acid groups (broad SMARTS) is 1. The molecule has 1 amide bonds. The van der Waals surface area contributed by atoms with E-state index in [4.69, 9.17) is 21.2 Å². The fourth-order valence-electron chi connectivity index (χ4n) is 2.88. The van der Waals surface area contributed by atoms with E-state index in [0.29, 0.717) is 29.8 Å². The number of carboxylic acids is 1. The van der Waals surface area contributed by atoms with Gasteiger partial charge >= 0.3 is 5.97 Å². The van der Waals surface area contributed by atoms with Crippen molar-refractivity contribution in [2.75, 3.05) is 13.1 Å². The van der Waals surface area contributed by atoms with Crippen molar-refractivity contribution in [3.8, 4) is 11.4 Å². The molecule has 1 aliphatic rings. The van der Waals surface area contributed by atoms with Gasteiger partial charge in [0.1, 0.15) is 5.92 Å². The van der Waals surface area contributed by atoms with Crippen LogP contribution < -0.4 is 0 Å². The Labute approximate surface area is 149 Å². The molecule has 2 atom stereocenters. The second-order valence-corrected chi connectivity index (χ2v) is 6.58. The predicted octanol–water partition coefficient (Wildman–Crippen LogP) is 2.82. The first-order chi connectivity index (χ1) is 12.0. The van der Waals surface area contributed by atoms with Gasteiger partial charge in [0.15, 0.2) is 0 Å². The summed E-state index contributed by atoms with van der Waals surface area (Å²) in [5, 5.41) is 13.6. The fraction of sp³-hybridized carbons (Fsp3) is 0.412. The van der Waals surface area contributed by atoms with Gasteiger partial charge in [-0.1, -0.05) is 16.8 Å². The number of piperidine rings is 1. The van der Waals surface area contributed by atoms with E-state index in [2.05, 4.69) is 10.1 Å². The highest BCUT2D eigenvalue weighted by atomic mass is 35.5. The monoisotopic (exact) mass is 363 g/mol. The molecule has 7 nitrogen and oxygen atoms in total. The van der Waals surface area contributed by atoms with Crippen LogP contribution in [0.15, 0.2) is 28.8 Å².